The number of hydrogen-bond donors (Lipinski definition) is 1. The first kappa shape index (κ1) is 22.3. The Bertz CT molecular complexity index is 1770. The topological polar surface area (TPSA) is 78.8 Å². The summed E-state index contributed by atoms with van der Waals surface area (Å²) in [6.07, 6.45) is 5.93. The predicted octanol–water partition coefficient (Wildman–Crippen LogP) is 5.82. The molecule has 0 radical (unpaired) electrons. The van der Waals surface area contributed by atoms with Gasteiger partial charge in [0.25, 0.3) is 0 Å². The fourth-order valence-corrected chi connectivity index (χ4v) is 4.62. The van der Waals surface area contributed by atoms with Crippen LogP contribution in [0.4, 0.5) is 5.95 Å². The lowest BCUT2D eigenvalue weighted by Crippen LogP contribution is -2.00. The van der Waals surface area contributed by atoms with Gasteiger partial charge in [0.2, 0.25) is 5.95 Å². The maximum Gasteiger partial charge on any atom is 0.205 e. The lowest BCUT2D eigenvalue weighted by Gasteiger charge is -2.11. The first-order chi connectivity index (χ1) is 18.2. The van der Waals surface area contributed by atoms with Crippen LogP contribution in [-0.2, 0) is 6.42 Å². The van der Waals surface area contributed by atoms with Crippen LogP contribution in [0, 0.1) is 12.3 Å². The number of ether oxygens (including phenoxy) is 1. The quantitative estimate of drug-likeness (QED) is 0.303. The summed E-state index contributed by atoms with van der Waals surface area (Å²) in [6.45, 7) is 0.252. The number of fused-ring (bicyclic) bond motifs is 2. The van der Waals surface area contributed by atoms with Crippen molar-refractivity contribution in [1.82, 2.24) is 19.7 Å². The van der Waals surface area contributed by atoms with Gasteiger partial charge in [0.1, 0.15) is 18.1 Å². The summed E-state index contributed by atoms with van der Waals surface area (Å²) in [5.41, 5.74) is 12.8. The molecule has 4 aromatic carbocycles. The van der Waals surface area contributed by atoms with Crippen molar-refractivity contribution >= 4 is 27.8 Å². The third kappa shape index (κ3) is 4.24. The number of nitrogens with two attached hydrogens (primary N) is 1. The number of rotatable bonds is 6. The SMILES string of the molecule is C#CCOc1ccc(Cc2nnc(-c3ccc4c(c3)nc(N)n4-c3ccccc3)c3ccccc23)cc1. The largest absolute Gasteiger partial charge is 0.481 e. The molecule has 6 rings (SSSR count). The van der Waals surface area contributed by atoms with Crippen LogP contribution in [0.3, 0.4) is 0 Å². The number of nitrogen functional groups attached to an aromatic ring is 1. The third-order valence-electron chi connectivity index (χ3n) is 6.35. The third-order valence-corrected chi connectivity index (χ3v) is 6.35. The highest BCUT2D eigenvalue weighted by Crippen LogP contribution is 2.32. The van der Waals surface area contributed by atoms with Gasteiger partial charge in [0.05, 0.1) is 16.7 Å². The molecule has 0 saturated heterocycles. The fraction of sp³-hybridized carbons (Fsp3) is 0.0645. The normalized spacial score (nSPS) is 11.0. The molecule has 2 heterocycles. The Morgan fingerprint density at radius 1 is 0.838 bits per heavy atom. The van der Waals surface area contributed by atoms with Crippen LogP contribution in [0.2, 0.25) is 0 Å². The Kier molecular flexibility index (Phi) is 5.72. The Balaban J connectivity index is 1.37. The number of aromatic nitrogens is 4. The highest BCUT2D eigenvalue weighted by atomic mass is 16.5. The van der Waals surface area contributed by atoms with Crippen molar-refractivity contribution < 1.29 is 4.74 Å². The first-order valence-corrected chi connectivity index (χ1v) is 11.9. The highest BCUT2D eigenvalue weighted by molar-refractivity contribution is 5.97. The molecule has 6 heteroatoms. The van der Waals surface area contributed by atoms with E-state index in [1.54, 1.807) is 0 Å². The van der Waals surface area contributed by atoms with Crippen LogP contribution in [0.15, 0.2) is 97.1 Å². The van der Waals surface area contributed by atoms with Crippen LogP contribution >= 0.6 is 0 Å². The smallest absolute Gasteiger partial charge is 0.205 e. The molecule has 0 aliphatic carbocycles. The van der Waals surface area contributed by atoms with Crippen LogP contribution < -0.4 is 10.5 Å². The molecule has 0 fully saturated rings. The molecule has 0 aliphatic rings. The van der Waals surface area contributed by atoms with E-state index in [9.17, 15) is 0 Å². The number of anilines is 1. The Hall–Kier alpha value is -5.15. The van der Waals surface area contributed by atoms with Gasteiger partial charge >= 0.3 is 0 Å². The zero-order valence-corrected chi connectivity index (χ0v) is 20.0. The molecular formula is C31H23N5O. The second-order valence-corrected chi connectivity index (χ2v) is 8.70. The van der Waals surface area contributed by atoms with E-state index in [0.717, 1.165) is 55.8 Å². The van der Waals surface area contributed by atoms with Crippen molar-refractivity contribution in [2.24, 2.45) is 0 Å². The van der Waals surface area contributed by atoms with Crippen LogP contribution in [0.5, 0.6) is 5.75 Å². The molecule has 178 valence electrons. The summed E-state index contributed by atoms with van der Waals surface area (Å²) in [4.78, 5) is 4.63. The lowest BCUT2D eigenvalue weighted by molar-refractivity contribution is 0.370. The summed E-state index contributed by atoms with van der Waals surface area (Å²) in [6, 6.07) is 32.2. The molecule has 0 bridgehead atoms. The molecule has 6 nitrogen and oxygen atoms in total. The van der Waals surface area contributed by atoms with E-state index < -0.39 is 0 Å². The van der Waals surface area contributed by atoms with Gasteiger partial charge in [-0.1, -0.05) is 66.6 Å². The molecule has 0 atom stereocenters. The summed E-state index contributed by atoms with van der Waals surface area (Å²) in [5, 5.41) is 11.4. The minimum absolute atomic E-state index is 0.252. The van der Waals surface area contributed by atoms with Crippen molar-refractivity contribution in [3.05, 3.63) is 108 Å². The van der Waals surface area contributed by atoms with E-state index in [4.69, 9.17) is 16.9 Å². The summed E-state index contributed by atoms with van der Waals surface area (Å²) in [5.74, 6) is 3.67. The van der Waals surface area contributed by atoms with Gasteiger partial charge in [-0.3, -0.25) is 4.57 Å². The minimum Gasteiger partial charge on any atom is -0.481 e. The minimum atomic E-state index is 0.252. The van der Waals surface area contributed by atoms with Crippen molar-refractivity contribution in [1.29, 1.82) is 0 Å². The lowest BCUT2D eigenvalue weighted by atomic mass is 10.00. The Morgan fingerprint density at radius 3 is 2.38 bits per heavy atom. The van der Waals surface area contributed by atoms with Crippen molar-refractivity contribution in [3.8, 4) is 35.0 Å². The zero-order valence-electron chi connectivity index (χ0n) is 20.0. The molecule has 0 saturated carbocycles. The first-order valence-electron chi connectivity index (χ1n) is 11.9. The van der Waals surface area contributed by atoms with Crippen LogP contribution in [-0.4, -0.2) is 26.4 Å². The van der Waals surface area contributed by atoms with E-state index in [0.29, 0.717) is 12.4 Å². The van der Waals surface area contributed by atoms with Crippen LogP contribution in [0.1, 0.15) is 11.3 Å². The van der Waals surface area contributed by atoms with Crippen molar-refractivity contribution in [2.75, 3.05) is 12.3 Å². The Labute approximate surface area is 214 Å². The average Bonchev–Trinajstić information content (AvgIpc) is 3.28. The van der Waals surface area contributed by atoms with Gasteiger partial charge in [-0.2, -0.15) is 5.10 Å². The van der Waals surface area contributed by atoms with E-state index in [-0.39, 0.29) is 6.61 Å². The maximum atomic E-state index is 6.30. The molecule has 2 aromatic heterocycles. The Morgan fingerprint density at radius 2 is 1.59 bits per heavy atom. The maximum absolute atomic E-state index is 6.30. The summed E-state index contributed by atoms with van der Waals surface area (Å²) >= 11 is 0. The van der Waals surface area contributed by atoms with Gasteiger partial charge < -0.3 is 10.5 Å². The van der Waals surface area contributed by atoms with E-state index in [1.165, 1.54) is 0 Å². The van der Waals surface area contributed by atoms with Gasteiger partial charge in [0, 0.05) is 28.4 Å². The number of imidazole rings is 1. The van der Waals surface area contributed by atoms with Gasteiger partial charge in [-0.05, 0) is 42.0 Å². The number of hydrogen-bond acceptors (Lipinski definition) is 5. The molecular weight excluding hydrogens is 458 g/mol. The van der Waals surface area contributed by atoms with E-state index in [2.05, 4.69) is 33.2 Å². The van der Waals surface area contributed by atoms with Crippen LogP contribution in [0.25, 0.3) is 38.8 Å². The highest BCUT2D eigenvalue weighted by Gasteiger charge is 2.15. The van der Waals surface area contributed by atoms with Gasteiger partial charge in [-0.25, -0.2) is 4.98 Å². The molecule has 0 aliphatic heterocycles. The number of terminal acetylenes is 1. The van der Waals surface area contributed by atoms with Gasteiger partial charge in [0.15, 0.2) is 0 Å². The van der Waals surface area contributed by atoms with Crippen molar-refractivity contribution in [2.45, 2.75) is 6.42 Å². The second kappa shape index (κ2) is 9.48. The van der Waals surface area contributed by atoms with Crippen molar-refractivity contribution in [3.63, 3.8) is 0 Å². The van der Waals surface area contributed by atoms with E-state index in [1.807, 2.05) is 89.5 Å². The number of benzene rings is 4. The summed E-state index contributed by atoms with van der Waals surface area (Å²) in [7, 11) is 0. The molecule has 37 heavy (non-hydrogen) atoms. The number of para-hydroxylation sites is 1. The monoisotopic (exact) mass is 481 g/mol. The standard InChI is InChI=1S/C31H23N5O/c1-2-18-37-24-15-12-21(13-16-24)19-27-25-10-6-7-11-26(25)30(35-34-27)22-14-17-29-28(20-22)33-31(32)36(29)23-8-4-3-5-9-23/h1,3-17,20H,18-19H2,(H2,32,33). The summed E-state index contributed by atoms with van der Waals surface area (Å²) < 4.78 is 7.43. The van der Waals surface area contributed by atoms with E-state index >= 15 is 0 Å². The zero-order chi connectivity index (χ0) is 25.2. The molecule has 0 spiro atoms. The predicted molar refractivity (Wildman–Crippen MR) is 148 cm³/mol. The fourth-order valence-electron chi connectivity index (χ4n) is 4.62. The second-order valence-electron chi connectivity index (χ2n) is 8.70. The average molecular weight is 482 g/mol. The molecule has 6 aromatic rings. The molecule has 0 unspecified atom stereocenters. The number of nitrogens with zero attached hydrogens (tertiary/aromatic N) is 4. The van der Waals surface area contributed by atoms with Gasteiger partial charge in [-0.15, -0.1) is 11.5 Å². The molecule has 0 amide bonds. The molecule has 2 N–H and O–H groups in total.